The van der Waals surface area contributed by atoms with Crippen LogP contribution in [0.5, 0.6) is 0 Å². The lowest BCUT2D eigenvalue weighted by atomic mass is 9.89. The van der Waals surface area contributed by atoms with Crippen LogP contribution >= 0.6 is 0 Å². The number of rotatable bonds is 4. The first-order valence-electron chi connectivity index (χ1n) is 7.65. The minimum atomic E-state index is 0.108. The Morgan fingerprint density at radius 1 is 1.20 bits per heavy atom. The largest absolute Gasteiger partial charge is 0.342 e. The lowest BCUT2D eigenvalue weighted by Crippen LogP contribution is -2.31. The van der Waals surface area contributed by atoms with Crippen molar-refractivity contribution in [3.8, 4) is 0 Å². The molecule has 0 aromatic heterocycles. The van der Waals surface area contributed by atoms with Crippen LogP contribution in [0.15, 0.2) is 30.3 Å². The highest BCUT2D eigenvalue weighted by molar-refractivity contribution is 5.91. The van der Waals surface area contributed by atoms with Crippen molar-refractivity contribution in [1.82, 2.24) is 4.90 Å². The van der Waals surface area contributed by atoms with Gasteiger partial charge < -0.3 is 4.90 Å². The van der Waals surface area contributed by atoms with E-state index in [0.29, 0.717) is 5.92 Å². The molecule has 1 aliphatic carbocycles. The first kappa shape index (κ1) is 14.8. The number of carbonyl (C=O) groups excluding carboxylic acids is 1. The summed E-state index contributed by atoms with van der Waals surface area (Å²) in [6.07, 6.45) is 10.2. The van der Waals surface area contributed by atoms with Gasteiger partial charge in [0.2, 0.25) is 5.91 Å². The fraction of sp³-hybridized carbons (Fsp3) is 0.500. The lowest BCUT2D eigenvalue weighted by Gasteiger charge is -2.26. The van der Waals surface area contributed by atoms with Crippen LogP contribution in [0.3, 0.4) is 0 Å². The van der Waals surface area contributed by atoms with Crippen molar-refractivity contribution in [3.05, 3.63) is 41.5 Å². The van der Waals surface area contributed by atoms with E-state index in [1.807, 2.05) is 30.2 Å². The Morgan fingerprint density at radius 2 is 1.85 bits per heavy atom. The van der Waals surface area contributed by atoms with E-state index in [2.05, 4.69) is 19.1 Å². The zero-order valence-electron chi connectivity index (χ0n) is 12.6. The van der Waals surface area contributed by atoms with Crippen LogP contribution in [0.2, 0.25) is 0 Å². The maximum atomic E-state index is 12.1. The summed E-state index contributed by atoms with van der Waals surface area (Å²) in [5.41, 5.74) is 2.32. The molecule has 0 heterocycles. The van der Waals surface area contributed by atoms with Crippen LogP contribution in [0.1, 0.15) is 43.2 Å². The summed E-state index contributed by atoms with van der Waals surface area (Å²) in [6.45, 7) is 2.97. The van der Waals surface area contributed by atoms with E-state index >= 15 is 0 Å². The van der Waals surface area contributed by atoms with E-state index in [9.17, 15) is 4.79 Å². The monoisotopic (exact) mass is 271 g/mol. The summed E-state index contributed by atoms with van der Waals surface area (Å²) in [6, 6.07) is 8.21. The third-order valence-corrected chi connectivity index (χ3v) is 4.13. The van der Waals surface area contributed by atoms with Crippen LogP contribution in [-0.4, -0.2) is 24.4 Å². The third kappa shape index (κ3) is 4.52. The molecule has 0 spiro atoms. The van der Waals surface area contributed by atoms with Crippen molar-refractivity contribution in [2.75, 3.05) is 13.6 Å². The van der Waals surface area contributed by atoms with Gasteiger partial charge in [-0.3, -0.25) is 4.79 Å². The quantitative estimate of drug-likeness (QED) is 0.757. The third-order valence-electron chi connectivity index (χ3n) is 4.13. The summed E-state index contributed by atoms with van der Waals surface area (Å²) in [7, 11) is 1.91. The Balaban J connectivity index is 1.85. The minimum absolute atomic E-state index is 0.108. The van der Waals surface area contributed by atoms with Gasteiger partial charge >= 0.3 is 0 Å². The normalized spacial score (nSPS) is 16.5. The topological polar surface area (TPSA) is 20.3 Å². The van der Waals surface area contributed by atoms with Gasteiger partial charge in [-0.15, -0.1) is 0 Å². The fourth-order valence-corrected chi connectivity index (χ4v) is 2.82. The second-order valence-electron chi connectivity index (χ2n) is 5.97. The van der Waals surface area contributed by atoms with Gasteiger partial charge in [0, 0.05) is 19.7 Å². The predicted octanol–water partition coefficient (Wildman–Crippen LogP) is 4.05. The summed E-state index contributed by atoms with van der Waals surface area (Å²) in [4.78, 5) is 14.0. The Kier molecular flexibility index (Phi) is 5.40. The molecule has 1 fully saturated rings. The van der Waals surface area contributed by atoms with Gasteiger partial charge in [-0.05, 0) is 37.3 Å². The van der Waals surface area contributed by atoms with E-state index in [0.717, 1.165) is 12.1 Å². The molecular formula is C18H25NO. The van der Waals surface area contributed by atoms with E-state index in [-0.39, 0.29) is 5.91 Å². The van der Waals surface area contributed by atoms with E-state index in [1.54, 1.807) is 6.08 Å². The first-order valence-corrected chi connectivity index (χ1v) is 7.65. The molecule has 20 heavy (non-hydrogen) atoms. The van der Waals surface area contributed by atoms with Gasteiger partial charge in [0.1, 0.15) is 0 Å². The molecule has 0 radical (unpaired) electrons. The van der Waals surface area contributed by atoms with E-state index in [4.69, 9.17) is 0 Å². The van der Waals surface area contributed by atoms with Gasteiger partial charge in [0.25, 0.3) is 0 Å². The molecule has 0 bridgehead atoms. The summed E-state index contributed by atoms with van der Waals surface area (Å²) in [5, 5.41) is 0. The number of amides is 1. The van der Waals surface area contributed by atoms with Crippen molar-refractivity contribution in [3.63, 3.8) is 0 Å². The maximum absolute atomic E-state index is 12.1. The van der Waals surface area contributed by atoms with Crippen molar-refractivity contribution in [2.24, 2.45) is 5.92 Å². The van der Waals surface area contributed by atoms with Crippen molar-refractivity contribution < 1.29 is 4.79 Å². The van der Waals surface area contributed by atoms with Crippen LogP contribution < -0.4 is 0 Å². The molecule has 1 aliphatic rings. The van der Waals surface area contributed by atoms with Gasteiger partial charge in [0.05, 0.1) is 0 Å². The number of carbonyl (C=O) groups is 1. The van der Waals surface area contributed by atoms with Gasteiger partial charge in [-0.25, -0.2) is 0 Å². The van der Waals surface area contributed by atoms with Crippen LogP contribution in [0, 0.1) is 12.8 Å². The average Bonchev–Trinajstić information content (AvgIpc) is 2.47. The van der Waals surface area contributed by atoms with Gasteiger partial charge in [-0.2, -0.15) is 0 Å². The second kappa shape index (κ2) is 7.28. The molecule has 2 heteroatoms. The van der Waals surface area contributed by atoms with Crippen molar-refractivity contribution in [2.45, 2.75) is 39.0 Å². The van der Waals surface area contributed by atoms with Crippen molar-refractivity contribution in [1.29, 1.82) is 0 Å². The number of benzene rings is 1. The molecule has 108 valence electrons. The summed E-state index contributed by atoms with van der Waals surface area (Å²) in [5.74, 6) is 0.807. The zero-order chi connectivity index (χ0) is 14.4. The molecule has 0 N–H and O–H groups in total. The highest BCUT2D eigenvalue weighted by Crippen LogP contribution is 2.24. The molecule has 2 rings (SSSR count). The maximum Gasteiger partial charge on any atom is 0.246 e. The molecule has 0 atom stereocenters. The molecule has 0 saturated heterocycles. The number of hydrogen-bond acceptors (Lipinski definition) is 1. The molecule has 2 nitrogen and oxygen atoms in total. The highest BCUT2D eigenvalue weighted by atomic mass is 16.2. The Hall–Kier alpha value is -1.57. The first-order chi connectivity index (χ1) is 9.65. The smallest absolute Gasteiger partial charge is 0.246 e. The molecule has 1 amide bonds. The van der Waals surface area contributed by atoms with E-state index in [1.165, 1.54) is 37.7 Å². The van der Waals surface area contributed by atoms with Gasteiger partial charge in [-0.1, -0.05) is 49.1 Å². The highest BCUT2D eigenvalue weighted by Gasteiger charge is 2.16. The van der Waals surface area contributed by atoms with Crippen LogP contribution in [0.25, 0.3) is 6.08 Å². The molecule has 1 aromatic carbocycles. The predicted molar refractivity (Wildman–Crippen MR) is 84.4 cm³/mol. The van der Waals surface area contributed by atoms with Crippen molar-refractivity contribution >= 4 is 12.0 Å². The number of nitrogens with zero attached hydrogens (tertiary/aromatic N) is 1. The van der Waals surface area contributed by atoms with Crippen LogP contribution in [-0.2, 0) is 4.79 Å². The Morgan fingerprint density at radius 3 is 2.50 bits per heavy atom. The molecule has 0 unspecified atom stereocenters. The number of hydrogen-bond donors (Lipinski definition) is 0. The van der Waals surface area contributed by atoms with Crippen LogP contribution in [0.4, 0.5) is 0 Å². The number of aryl methyl sites for hydroxylation is 1. The van der Waals surface area contributed by atoms with E-state index < -0.39 is 0 Å². The molecular weight excluding hydrogens is 246 g/mol. The Bertz CT molecular complexity index is 455. The lowest BCUT2D eigenvalue weighted by molar-refractivity contribution is -0.125. The standard InChI is InChI=1S/C18H25NO/c1-15-8-10-16(11-9-15)12-13-18(20)19(2)14-17-6-4-3-5-7-17/h8-13,17H,3-7,14H2,1-2H3/b13-12+. The summed E-state index contributed by atoms with van der Waals surface area (Å²) < 4.78 is 0. The molecule has 1 aromatic rings. The zero-order valence-corrected chi connectivity index (χ0v) is 12.6. The minimum Gasteiger partial charge on any atom is -0.342 e. The summed E-state index contributed by atoms with van der Waals surface area (Å²) >= 11 is 0. The van der Waals surface area contributed by atoms with Gasteiger partial charge in [0.15, 0.2) is 0 Å². The second-order valence-corrected chi connectivity index (χ2v) is 5.97. The number of likely N-dealkylation sites (N-methyl/N-ethyl adjacent to an activating group) is 1. The Labute approximate surface area is 122 Å². The fourth-order valence-electron chi connectivity index (χ4n) is 2.82. The molecule has 1 saturated carbocycles. The SMILES string of the molecule is Cc1ccc(/C=C/C(=O)N(C)CC2CCCCC2)cc1. The average molecular weight is 271 g/mol. The molecule has 0 aliphatic heterocycles.